The largest absolute Gasteiger partial charge is 0.465 e. The van der Waals surface area contributed by atoms with Crippen molar-refractivity contribution in [1.82, 2.24) is 0 Å². The van der Waals surface area contributed by atoms with Crippen LogP contribution in [0, 0.1) is 0 Å². The van der Waals surface area contributed by atoms with Crippen molar-refractivity contribution < 1.29 is 31.5 Å². The third kappa shape index (κ3) is 6.15. The van der Waals surface area contributed by atoms with Crippen LogP contribution >= 0.6 is 0 Å². The number of nitrogens with two attached hydrogens (primary N) is 2. The number of ether oxygens (including phenoxy) is 1. The zero-order valence-electron chi connectivity index (χ0n) is 10.2. The van der Waals surface area contributed by atoms with E-state index in [1.807, 2.05) is 0 Å². The van der Waals surface area contributed by atoms with Gasteiger partial charge in [0.25, 0.3) is 0 Å². The lowest BCUT2D eigenvalue weighted by atomic mass is 10.1. The summed E-state index contributed by atoms with van der Waals surface area (Å²) in [4.78, 5) is 10.6. The minimum atomic E-state index is -5.94. The van der Waals surface area contributed by atoms with E-state index in [0.717, 1.165) is 0 Å². The average Bonchev–Trinajstić information content (AvgIpc) is 2.30. The smallest absolute Gasteiger partial charge is 0.461 e. The van der Waals surface area contributed by atoms with E-state index < -0.39 is 24.7 Å². The molecule has 0 radical (unpaired) electrons. The second-order valence-corrected chi connectivity index (χ2v) is 4.04. The van der Waals surface area contributed by atoms with Crippen molar-refractivity contribution in [3.63, 3.8) is 0 Å². The van der Waals surface area contributed by atoms with E-state index in [0.29, 0.717) is 25.8 Å². The lowest BCUT2D eigenvalue weighted by Gasteiger charge is -2.18. The van der Waals surface area contributed by atoms with Crippen LogP contribution in [0.2, 0.25) is 0 Å². The SMILES string of the molecule is NCCCC(N)CCCOC(=O)C(F)(F)C(F)(F)F. The van der Waals surface area contributed by atoms with Gasteiger partial charge in [-0.1, -0.05) is 0 Å². The fourth-order valence-electron chi connectivity index (χ4n) is 1.24. The van der Waals surface area contributed by atoms with Crippen molar-refractivity contribution in [3.8, 4) is 0 Å². The van der Waals surface area contributed by atoms with Crippen molar-refractivity contribution in [2.75, 3.05) is 13.2 Å². The molecule has 1 unspecified atom stereocenters. The van der Waals surface area contributed by atoms with Gasteiger partial charge in [0.05, 0.1) is 6.61 Å². The summed E-state index contributed by atoms with van der Waals surface area (Å²) in [6.07, 6.45) is -4.17. The predicted molar refractivity (Wildman–Crippen MR) is 57.5 cm³/mol. The fraction of sp³-hybridized carbons (Fsp3) is 0.900. The zero-order valence-corrected chi connectivity index (χ0v) is 10.2. The van der Waals surface area contributed by atoms with E-state index in [9.17, 15) is 26.7 Å². The zero-order chi connectivity index (χ0) is 15.1. The van der Waals surface area contributed by atoms with E-state index in [4.69, 9.17) is 11.5 Å². The number of carbonyl (C=O) groups excluding carboxylic acids is 1. The Morgan fingerprint density at radius 2 is 1.63 bits per heavy atom. The first-order chi connectivity index (χ1) is 8.63. The molecule has 0 rings (SSSR count). The second-order valence-electron chi connectivity index (χ2n) is 4.04. The van der Waals surface area contributed by atoms with Crippen LogP contribution in [0.15, 0.2) is 0 Å². The molecule has 0 saturated heterocycles. The molecule has 0 bridgehead atoms. The highest BCUT2D eigenvalue weighted by Gasteiger charge is 2.64. The standard InChI is InChI=1S/C10H17F5N2O2/c11-9(12,10(13,14)15)8(18)19-6-2-4-7(17)3-1-5-16/h7H,1-6,16-17H2. The van der Waals surface area contributed by atoms with E-state index in [1.165, 1.54) is 0 Å². The van der Waals surface area contributed by atoms with Gasteiger partial charge in [-0.2, -0.15) is 22.0 Å². The Hall–Kier alpha value is -0.960. The lowest BCUT2D eigenvalue weighted by Crippen LogP contribution is -2.45. The van der Waals surface area contributed by atoms with Crippen LogP contribution < -0.4 is 11.5 Å². The molecule has 114 valence electrons. The summed E-state index contributed by atoms with van der Waals surface area (Å²) in [5.41, 5.74) is 10.9. The highest BCUT2D eigenvalue weighted by atomic mass is 19.4. The molecule has 0 aromatic heterocycles. The van der Waals surface area contributed by atoms with Crippen LogP contribution in [-0.2, 0) is 9.53 Å². The van der Waals surface area contributed by atoms with Crippen molar-refractivity contribution >= 4 is 5.97 Å². The number of carbonyl (C=O) groups is 1. The Labute approximate surface area is 107 Å². The normalized spacial score (nSPS) is 14.3. The van der Waals surface area contributed by atoms with Crippen LogP contribution in [0.1, 0.15) is 25.7 Å². The molecule has 0 spiro atoms. The summed E-state index contributed by atoms with van der Waals surface area (Å²) in [6, 6.07) is -0.245. The van der Waals surface area contributed by atoms with E-state index in [2.05, 4.69) is 4.74 Å². The maximum Gasteiger partial charge on any atom is 0.465 e. The van der Waals surface area contributed by atoms with Crippen molar-refractivity contribution in [1.29, 1.82) is 0 Å². The molecule has 0 aromatic rings. The third-order valence-corrected chi connectivity index (χ3v) is 2.34. The van der Waals surface area contributed by atoms with Crippen LogP contribution in [-0.4, -0.2) is 37.3 Å². The quantitative estimate of drug-likeness (QED) is 0.404. The van der Waals surface area contributed by atoms with Crippen molar-refractivity contribution in [2.45, 2.75) is 43.8 Å². The summed E-state index contributed by atoms with van der Waals surface area (Å²) < 4.78 is 64.1. The number of rotatable bonds is 8. The lowest BCUT2D eigenvalue weighted by molar-refractivity contribution is -0.280. The molecule has 0 aromatic carbocycles. The van der Waals surface area contributed by atoms with Crippen LogP contribution in [0.25, 0.3) is 0 Å². The number of halogens is 5. The molecule has 1 atom stereocenters. The summed E-state index contributed by atoms with van der Waals surface area (Å²) in [5, 5.41) is 0. The van der Waals surface area contributed by atoms with Crippen molar-refractivity contribution in [3.05, 3.63) is 0 Å². The van der Waals surface area contributed by atoms with Crippen LogP contribution in [0.5, 0.6) is 0 Å². The molecule has 0 aliphatic carbocycles. The van der Waals surface area contributed by atoms with Gasteiger partial charge in [0, 0.05) is 6.04 Å². The van der Waals surface area contributed by atoms with E-state index in [-0.39, 0.29) is 12.5 Å². The molecule has 0 saturated carbocycles. The summed E-state index contributed by atoms with van der Waals surface area (Å²) in [6.45, 7) is -0.0681. The Balaban J connectivity index is 3.93. The second kappa shape index (κ2) is 7.59. The highest BCUT2D eigenvalue weighted by molar-refractivity contribution is 5.78. The van der Waals surface area contributed by atoms with Crippen LogP contribution in [0.3, 0.4) is 0 Å². The van der Waals surface area contributed by atoms with E-state index >= 15 is 0 Å². The first-order valence-corrected chi connectivity index (χ1v) is 5.70. The topological polar surface area (TPSA) is 78.3 Å². The predicted octanol–water partition coefficient (Wildman–Crippen LogP) is 1.57. The van der Waals surface area contributed by atoms with Crippen LogP contribution in [0.4, 0.5) is 22.0 Å². The Morgan fingerprint density at radius 3 is 2.11 bits per heavy atom. The number of hydrogen-bond acceptors (Lipinski definition) is 4. The average molecular weight is 292 g/mol. The number of hydrogen-bond donors (Lipinski definition) is 2. The van der Waals surface area contributed by atoms with Gasteiger partial charge in [-0.05, 0) is 32.2 Å². The van der Waals surface area contributed by atoms with E-state index in [1.54, 1.807) is 0 Å². The van der Waals surface area contributed by atoms with Crippen molar-refractivity contribution in [2.24, 2.45) is 11.5 Å². The first kappa shape index (κ1) is 18.0. The first-order valence-electron chi connectivity index (χ1n) is 5.70. The van der Waals surface area contributed by atoms with Gasteiger partial charge in [-0.25, -0.2) is 4.79 Å². The minimum absolute atomic E-state index is 0.116. The van der Waals surface area contributed by atoms with Gasteiger partial charge < -0.3 is 16.2 Å². The molecular weight excluding hydrogens is 275 g/mol. The number of esters is 1. The molecule has 0 aliphatic heterocycles. The van der Waals surface area contributed by atoms with Gasteiger partial charge in [-0.15, -0.1) is 0 Å². The molecule has 0 heterocycles. The number of alkyl halides is 5. The molecular formula is C10H17F5N2O2. The summed E-state index contributed by atoms with van der Waals surface area (Å²) in [7, 11) is 0. The molecule has 9 heteroatoms. The monoisotopic (exact) mass is 292 g/mol. The highest BCUT2D eigenvalue weighted by Crippen LogP contribution is 2.36. The molecule has 0 aliphatic rings. The van der Waals surface area contributed by atoms with Gasteiger partial charge in [0.15, 0.2) is 0 Å². The maximum absolute atomic E-state index is 12.4. The van der Waals surface area contributed by atoms with Gasteiger partial charge >= 0.3 is 18.1 Å². The maximum atomic E-state index is 12.4. The molecule has 4 N–H and O–H groups in total. The summed E-state index contributed by atoms with van der Waals surface area (Å²) in [5.74, 6) is -8.06. The Bertz CT molecular complexity index is 284. The Morgan fingerprint density at radius 1 is 1.11 bits per heavy atom. The Kier molecular flexibility index (Phi) is 7.20. The molecule has 19 heavy (non-hydrogen) atoms. The van der Waals surface area contributed by atoms with Gasteiger partial charge in [0.2, 0.25) is 0 Å². The molecule has 0 amide bonds. The fourth-order valence-corrected chi connectivity index (χ4v) is 1.24. The summed E-state index contributed by atoms with van der Waals surface area (Å²) >= 11 is 0. The minimum Gasteiger partial charge on any atom is -0.461 e. The van der Waals surface area contributed by atoms with Gasteiger partial charge in [-0.3, -0.25) is 0 Å². The third-order valence-electron chi connectivity index (χ3n) is 2.34. The molecule has 4 nitrogen and oxygen atoms in total. The molecule has 0 fully saturated rings. The van der Waals surface area contributed by atoms with Gasteiger partial charge in [0.1, 0.15) is 0 Å².